The van der Waals surface area contributed by atoms with Crippen LogP contribution < -0.4 is 10.6 Å². The Balaban J connectivity index is 1.65. The molecule has 0 spiro atoms. The number of hydrogen-bond acceptors (Lipinski definition) is 7. The first kappa shape index (κ1) is 13.7. The van der Waals surface area contributed by atoms with Gasteiger partial charge in [-0.2, -0.15) is 4.98 Å². The number of nitrogens with one attached hydrogen (secondary N) is 2. The molecule has 3 rings (SSSR count). The van der Waals surface area contributed by atoms with E-state index in [1.807, 2.05) is 11.4 Å². The topological polar surface area (TPSA) is 93.0 Å². The quantitative estimate of drug-likeness (QED) is 0.603. The van der Waals surface area contributed by atoms with Crippen LogP contribution >= 0.6 is 11.3 Å². The van der Waals surface area contributed by atoms with Crippen molar-refractivity contribution in [3.05, 3.63) is 38.7 Å². The predicted octanol–water partition coefficient (Wildman–Crippen LogP) is 2.68. The second kappa shape index (κ2) is 6.04. The molecule has 1 aliphatic carbocycles. The summed E-state index contributed by atoms with van der Waals surface area (Å²) in [5, 5.41) is 19.2. The third-order valence-corrected chi connectivity index (χ3v) is 4.06. The van der Waals surface area contributed by atoms with Crippen molar-refractivity contribution in [1.82, 2.24) is 9.97 Å². The first-order valence-electron chi connectivity index (χ1n) is 6.76. The van der Waals surface area contributed by atoms with Gasteiger partial charge in [0, 0.05) is 17.5 Å². The van der Waals surface area contributed by atoms with E-state index in [0.29, 0.717) is 24.4 Å². The van der Waals surface area contributed by atoms with E-state index in [0.717, 1.165) is 19.3 Å². The Bertz CT molecular complexity index is 627. The van der Waals surface area contributed by atoms with Crippen molar-refractivity contribution < 1.29 is 4.92 Å². The van der Waals surface area contributed by atoms with Crippen LogP contribution in [0.2, 0.25) is 0 Å². The zero-order chi connectivity index (χ0) is 14.7. The summed E-state index contributed by atoms with van der Waals surface area (Å²) in [5.74, 6) is 0.719. The van der Waals surface area contributed by atoms with Crippen molar-refractivity contribution in [1.29, 1.82) is 0 Å². The number of nitrogens with zero attached hydrogens (tertiary/aromatic N) is 3. The largest absolute Gasteiger partial charge is 0.361 e. The Morgan fingerprint density at radius 3 is 3.00 bits per heavy atom. The number of nitro groups is 1. The van der Waals surface area contributed by atoms with Crippen molar-refractivity contribution in [3.8, 4) is 0 Å². The molecule has 0 atom stereocenters. The third kappa shape index (κ3) is 3.66. The summed E-state index contributed by atoms with van der Waals surface area (Å²) in [6.07, 6.45) is 4.19. The molecule has 0 aliphatic heterocycles. The lowest BCUT2D eigenvalue weighted by Gasteiger charge is -2.07. The molecule has 8 heteroatoms. The minimum Gasteiger partial charge on any atom is -0.361 e. The fraction of sp³-hybridized carbons (Fsp3) is 0.385. The van der Waals surface area contributed by atoms with Crippen molar-refractivity contribution in [2.24, 2.45) is 0 Å². The van der Waals surface area contributed by atoms with Gasteiger partial charge in [0.1, 0.15) is 6.20 Å². The molecular formula is C13H15N5O2S. The summed E-state index contributed by atoms with van der Waals surface area (Å²) in [6, 6.07) is 4.39. The van der Waals surface area contributed by atoms with Gasteiger partial charge < -0.3 is 10.6 Å². The molecule has 0 radical (unpaired) electrons. The lowest BCUT2D eigenvalue weighted by Crippen LogP contribution is -2.11. The lowest BCUT2D eigenvalue weighted by molar-refractivity contribution is -0.384. The highest BCUT2D eigenvalue weighted by atomic mass is 32.1. The summed E-state index contributed by atoms with van der Waals surface area (Å²) in [4.78, 5) is 20.0. The number of thiophene rings is 1. The van der Waals surface area contributed by atoms with E-state index in [4.69, 9.17) is 0 Å². The van der Waals surface area contributed by atoms with Crippen molar-refractivity contribution in [3.63, 3.8) is 0 Å². The average molecular weight is 305 g/mol. The molecule has 2 aromatic heterocycles. The molecule has 0 amide bonds. The molecule has 2 aromatic rings. The molecule has 2 heterocycles. The lowest BCUT2D eigenvalue weighted by atomic mass is 10.3. The second-order valence-electron chi connectivity index (χ2n) is 4.86. The van der Waals surface area contributed by atoms with Crippen LogP contribution in [-0.4, -0.2) is 27.5 Å². The van der Waals surface area contributed by atoms with Crippen LogP contribution in [0.25, 0.3) is 0 Å². The molecule has 0 bridgehead atoms. The summed E-state index contributed by atoms with van der Waals surface area (Å²) < 4.78 is 0. The van der Waals surface area contributed by atoms with Crippen LogP contribution in [0.3, 0.4) is 0 Å². The standard InChI is InChI=1S/C13H15N5O2S/c19-18(20)11-8-15-13(17-12(11)16-9-3-4-9)14-6-5-10-2-1-7-21-10/h1-2,7-9H,3-6H2,(H2,14,15,16,17). The van der Waals surface area contributed by atoms with Gasteiger partial charge in [-0.3, -0.25) is 10.1 Å². The third-order valence-electron chi connectivity index (χ3n) is 3.12. The van der Waals surface area contributed by atoms with Gasteiger partial charge in [-0.25, -0.2) is 4.98 Å². The second-order valence-corrected chi connectivity index (χ2v) is 5.89. The Hall–Kier alpha value is -2.22. The van der Waals surface area contributed by atoms with E-state index in [2.05, 4.69) is 26.7 Å². The van der Waals surface area contributed by atoms with Crippen LogP contribution in [0.4, 0.5) is 17.5 Å². The zero-order valence-electron chi connectivity index (χ0n) is 11.3. The monoisotopic (exact) mass is 305 g/mol. The molecule has 0 aromatic carbocycles. The van der Waals surface area contributed by atoms with E-state index >= 15 is 0 Å². The maximum atomic E-state index is 11.0. The van der Waals surface area contributed by atoms with Gasteiger partial charge in [-0.1, -0.05) is 6.07 Å². The molecular weight excluding hydrogens is 290 g/mol. The Morgan fingerprint density at radius 1 is 1.48 bits per heavy atom. The number of anilines is 2. The first-order valence-corrected chi connectivity index (χ1v) is 7.64. The molecule has 2 N–H and O–H groups in total. The number of hydrogen-bond donors (Lipinski definition) is 2. The van der Waals surface area contributed by atoms with Crippen LogP contribution in [0, 0.1) is 10.1 Å². The van der Waals surface area contributed by atoms with Gasteiger partial charge >= 0.3 is 5.69 Å². The summed E-state index contributed by atoms with van der Waals surface area (Å²) in [5.41, 5.74) is -0.0780. The SMILES string of the molecule is O=[N+]([O-])c1cnc(NCCc2cccs2)nc1NC1CC1. The summed E-state index contributed by atoms with van der Waals surface area (Å²) in [6.45, 7) is 0.696. The van der Waals surface area contributed by atoms with E-state index in [1.54, 1.807) is 11.3 Å². The number of aromatic nitrogens is 2. The normalized spacial score (nSPS) is 13.9. The van der Waals surface area contributed by atoms with Gasteiger partial charge in [0.05, 0.1) is 4.92 Å². The summed E-state index contributed by atoms with van der Waals surface area (Å²) in [7, 11) is 0. The van der Waals surface area contributed by atoms with Crippen molar-refractivity contribution >= 4 is 28.8 Å². The predicted molar refractivity (Wildman–Crippen MR) is 81.8 cm³/mol. The Morgan fingerprint density at radius 2 is 2.33 bits per heavy atom. The molecule has 21 heavy (non-hydrogen) atoms. The van der Waals surface area contributed by atoms with Crippen molar-refractivity contribution in [2.75, 3.05) is 17.2 Å². The summed E-state index contributed by atoms with van der Waals surface area (Å²) >= 11 is 1.70. The maximum Gasteiger partial charge on any atom is 0.329 e. The zero-order valence-corrected chi connectivity index (χ0v) is 12.1. The Labute approximate surface area is 125 Å². The highest BCUT2D eigenvalue weighted by molar-refractivity contribution is 7.09. The first-order chi connectivity index (χ1) is 10.2. The van der Waals surface area contributed by atoms with Crippen LogP contribution in [0.1, 0.15) is 17.7 Å². The van der Waals surface area contributed by atoms with E-state index in [-0.39, 0.29) is 5.69 Å². The highest BCUT2D eigenvalue weighted by Gasteiger charge is 2.26. The fourth-order valence-electron chi connectivity index (χ4n) is 1.87. The maximum absolute atomic E-state index is 11.0. The molecule has 0 unspecified atom stereocenters. The van der Waals surface area contributed by atoms with Gasteiger partial charge in [-0.05, 0) is 30.7 Å². The smallest absolute Gasteiger partial charge is 0.329 e. The molecule has 7 nitrogen and oxygen atoms in total. The van der Waals surface area contributed by atoms with Gasteiger partial charge in [-0.15, -0.1) is 11.3 Å². The minimum atomic E-state index is -0.458. The van der Waals surface area contributed by atoms with Crippen LogP contribution in [-0.2, 0) is 6.42 Å². The molecule has 1 aliphatic rings. The molecule has 0 saturated heterocycles. The van der Waals surface area contributed by atoms with E-state index in [9.17, 15) is 10.1 Å². The van der Waals surface area contributed by atoms with Gasteiger partial charge in [0.25, 0.3) is 0 Å². The van der Waals surface area contributed by atoms with Crippen molar-refractivity contribution in [2.45, 2.75) is 25.3 Å². The fourth-order valence-corrected chi connectivity index (χ4v) is 2.58. The number of rotatable bonds is 7. The van der Waals surface area contributed by atoms with Crippen LogP contribution in [0.5, 0.6) is 0 Å². The van der Waals surface area contributed by atoms with E-state index in [1.165, 1.54) is 11.1 Å². The van der Waals surface area contributed by atoms with Gasteiger partial charge in [0.15, 0.2) is 0 Å². The highest BCUT2D eigenvalue weighted by Crippen LogP contribution is 2.29. The minimum absolute atomic E-state index is 0.0780. The molecule has 1 fully saturated rings. The molecule has 1 saturated carbocycles. The van der Waals surface area contributed by atoms with Gasteiger partial charge in [0.2, 0.25) is 11.8 Å². The van der Waals surface area contributed by atoms with E-state index < -0.39 is 4.92 Å². The van der Waals surface area contributed by atoms with Crippen LogP contribution in [0.15, 0.2) is 23.7 Å². The molecule has 110 valence electrons. The average Bonchev–Trinajstić information content (AvgIpc) is 3.12. The Kier molecular flexibility index (Phi) is 3.96.